The Morgan fingerprint density at radius 3 is 2.15 bits per heavy atom. The summed E-state index contributed by atoms with van der Waals surface area (Å²) in [5.74, 6) is 0.937. The molecule has 0 fully saturated rings. The summed E-state index contributed by atoms with van der Waals surface area (Å²) in [5.41, 5.74) is 5.78. The third-order valence-electron chi connectivity index (χ3n) is 4.29. The number of hydrogen-bond acceptors (Lipinski definition) is 4. The molecule has 138 valence electrons. The molecule has 2 aromatic rings. The summed E-state index contributed by atoms with van der Waals surface area (Å²) in [6.45, 7) is 2.02. The summed E-state index contributed by atoms with van der Waals surface area (Å²) in [6, 6.07) is 13.9. The Balaban J connectivity index is 1.99. The van der Waals surface area contributed by atoms with Gasteiger partial charge in [0.05, 0.1) is 19.3 Å². The van der Waals surface area contributed by atoms with E-state index in [1.54, 1.807) is 37.5 Å². The van der Waals surface area contributed by atoms with Crippen molar-refractivity contribution >= 4 is 0 Å². The molecule has 4 heteroatoms. The summed E-state index contributed by atoms with van der Waals surface area (Å²) in [4.78, 5) is 0. The Hall–Kier alpha value is -2.52. The number of rotatable bonds is 8. The van der Waals surface area contributed by atoms with E-state index in [4.69, 9.17) is 4.74 Å². The van der Waals surface area contributed by atoms with Gasteiger partial charge >= 0.3 is 0 Å². The van der Waals surface area contributed by atoms with Crippen LogP contribution in [0.4, 0.5) is 0 Å². The van der Waals surface area contributed by atoms with Crippen LogP contribution < -0.4 is 4.74 Å². The van der Waals surface area contributed by atoms with Crippen LogP contribution in [0.15, 0.2) is 65.9 Å². The van der Waals surface area contributed by atoms with Gasteiger partial charge in [-0.15, -0.1) is 5.73 Å². The molecule has 0 radical (unpaired) electrons. The van der Waals surface area contributed by atoms with Gasteiger partial charge in [-0.3, -0.25) is 0 Å². The van der Waals surface area contributed by atoms with Crippen LogP contribution in [0.1, 0.15) is 49.5 Å². The van der Waals surface area contributed by atoms with Crippen molar-refractivity contribution in [2.75, 3.05) is 7.11 Å². The maximum atomic E-state index is 10.4. The second-order valence-corrected chi connectivity index (χ2v) is 6.14. The molecule has 0 aliphatic heterocycles. The first kappa shape index (κ1) is 19.8. The maximum Gasteiger partial charge on any atom is 0.118 e. The number of aliphatic hydroxyl groups excluding tert-OH is 2. The predicted octanol–water partition coefficient (Wildman–Crippen LogP) is 4.44. The number of ether oxygens (including phenoxy) is 1. The minimum Gasteiger partial charge on any atom is -0.508 e. The third kappa shape index (κ3) is 5.78. The van der Waals surface area contributed by atoms with Crippen LogP contribution in [0.2, 0.25) is 0 Å². The molecule has 2 rings (SSSR count). The van der Waals surface area contributed by atoms with Gasteiger partial charge in [-0.1, -0.05) is 31.2 Å². The van der Waals surface area contributed by atoms with Crippen LogP contribution in [-0.2, 0) is 0 Å². The second-order valence-electron chi connectivity index (χ2n) is 6.14. The Morgan fingerprint density at radius 1 is 1.00 bits per heavy atom. The second kappa shape index (κ2) is 9.83. The maximum absolute atomic E-state index is 10.4. The number of benzene rings is 2. The van der Waals surface area contributed by atoms with Gasteiger partial charge in [0.15, 0.2) is 0 Å². The Morgan fingerprint density at radius 2 is 1.58 bits per heavy atom. The van der Waals surface area contributed by atoms with E-state index in [9.17, 15) is 15.3 Å². The number of hydrogen-bond donors (Lipinski definition) is 3. The fourth-order valence-electron chi connectivity index (χ4n) is 2.63. The topological polar surface area (TPSA) is 69.9 Å². The number of phenols is 1. The Kier molecular flexibility index (Phi) is 7.49. The first-order valence-electron chi connectivity index (χ1n) is 8.75. The highest BCUT2D eigenvalue weighted by Crippen LogP contribution is 2.24. The van der Waals surface area contributed by atoms with Crippen molar-refractivity contribution in [3.63, 3.8) is 0 Å². The fraction of sp³-hybridized carbons (Fsp3) is 0.318. The number of methoxy groups -OCH3 is 1. The van der Waals surface area contributed by atoms with Gasteiger partial charge in [-0.05, 0) is 53.5 Å². The lowest BCUT2D eigenvalue weighted by Crippen LogP contribution is -1.99. The molecule has 26 heavy (non-hydrogen) atoms. The molecule has 0 aliphatic carbocycles. The molecule has 0 aromatic heterocycles. The molecule has 0 heterocycles. The molecular weight excluding hydrogens is 328 g/mol. The van der Waals surface area contributed by atoms with E-state index in [-0.39, 0.29) is 5.75 Å². The number of aromatic hydroxyl groups is 1. The molecule has 0 saturated carbocycles. The first-order chi connectivity index (χ1) is 12.5. The average Bonchev–Trinajstić information content (AvgIpc) is 2.67. The normalized spacial score (nSPS) is 12.8. The van der Waals surface area contributed by atoms with Gasteiger partial charge in [-0.25, -0.2) is 0 Å². The average molecular weight is 354 g/mol. The van der Waals surface area contributed by atoms with Crippen LogP contribution in [-0.4, -0.2) is 22.4 Å². The van der Waals surface area contributed by atoms with Crippen LogP contribution in [0.3, 0.4) is 0 Å². The summed E-state index contributed by atoms with van der Waals surface area (Å²) >= 11 is 0. The lowest BCUT2D eigenvalue weighted by atomic mass is 10.00. The highest BCUT2D eigenvalue weighted by molar-refractivity contribution is 5.29. The van der Waals surface area contributed by atoms with Crippen molar-refractivity contribution in [2.45, 2.75) is 38.4 Å². The van der Waals surface area contributed by atoms with Gasteiger partial charge in [0.1, 0.15) is 11.5 Å². The van der Waals surface area contributed by atoms with Gasteiger partial charge in [-0.2, -0.15) is 0 Å². The third-order valence-corrected chi connectivity index (χ3v) is 4.29. The van der Waals surface area contributed by atoms with E-state index in [0.717, 1.165) is 28.9 Å². The number of phenolic OH excluding ortho intramolecular Hbond substituents is 1. The monoisotopic (exact) mass is 354 g/mol. The van der Waals surface area contributed by atoms with Gasteiger partial charge < -0.3 is 20.1 Å². The van der Waals surface area contributed by atoms with Crippen LogP contribution in [0, 0.1) is 0 Å². The van der Waals surface area contributed by atoms with Crippen molar-refractivity contribution in [2.24, 2.45) is 0 Å². The lowest BCUT2D eigenvalue weighted by molar-refractivity contribution is 0.177. The zero-order valence-electron chi connectivity index (χ0n) is 15.2. The Bertz CT molecular complexity index is 741. The van der Waals surface area contributed by atoms with Crippen molar-refractivity contribution in [1.82, 2.24) is 0 Å². The minimum atomic E-state index is -0.646. The van der Waals surface area contributed by atoms with E-state index in [1.165, 1.54) is 0 Å². The predicted molar refractivity (Wildman–Crippen MR) is 102 cm³/mol. The number of aliphatic hydroxyl groups is 2. The molecule has 0 saturated heterocycles. The molecule has 4 nitrogen and oxygen atoms in total. The summed E-state index contributed by atoms with van der Waals surface area (Å²) < 4.78 is 5.13. The van der Waals surface area contributed by atoms with E-state index < -0.39 is 12.2 Å². The van der Waals surface area contributed by atoms with Crippen molar-refractivity contribution < 1.29 is 20.1 Å². The zero-order chi connectivity index (χ0) is 18.9. The molecule has 2 atom stereocenters. The highest BCUT2D eigenvalue weighted by atomic mass is 16.5. The zero-order valence-corrected chi connectivity index (χ0v) is 15.2. The van der Waals surface area contributed by atoms with Crippen LogP contribution >= 0.6 is 0 Å². The smallest absolute Gasteiger partial charge is 0.118 e. The summed E-state index contributed by atoms with van der Waals surface area (Å²) in [7, 11) is 1.61. The molecule has 0 amide bonds. The van der Waals surface area contributed by atoms with E-state index in [0.29, 0.717) is 12.8 Å². The molecule has 2 aromatic carbocycles. The molecule has 0 aliphatic rings. The fourth-order valence-corrected chi connectivity index (χ4v) is 2.63. The molecule has 0 spiro atoms. The minimum absolute atomic E-state index is 0.178. The van der Waals surface area contributed by atoms with Crippen LogP contribution in [0.25, 0.3) is 0 Å². The molecule has 3 N–H and O–H groups in total. The lowest BCUT2D eigenvalue weighted by Gasteiger charge is -2.12. The van der Waals surface area contributed by atoms with Gasteiger partial charge in [0.25, 0.3) is 0 Å². The summed E-state index contributed by atoms with van der Waals surface area (Å²) in [6.07, 6.45) is 2.25. The molecule has 0 bridgehead atoms. The SMILES string of the molecule is CCC(=C=CC[C@@H](O)c1ccc(O)cc1)C[C@@H](O)c1ccc(OC)cc1. The summed E-state index contributed by atoms with van der Waals surface area (Å²) in [5, 5.41) is 29.9. The molecular formula is C22H26O4. The molecule has 0 unspecified atom stereocenters. The largest absolute Gasteiger partial charge is 0.508 e. The van der Waals surface area contributed by atoms with E-state index in [1.807, 2.05) is 31.2 Å². The van der Waals surface area contributed by atoms with E-state index in [2.05, 4.69) is 5.73 Å². The van der Waals surface area contributed by atoms with Crippen molar-refractivity contribution in [3.05, 3.63) is 77.0 Å². The van der Waals surface area contributed by atoms with Gasteiger partial charge in [0, 0.05) is 12.8 Å². The first-order valence-corrected chi connectivity index (χ1v) is 8.75. The Labute approximate surface area is 154 Å². The van der Waals surface area contributed by atoms with Crippen molar-refractivity contribution in [3.8, 4) is 11.5 Å². The van der Waals surface area contributed by atoms with Gasteiger partial charge in [0.2, 0.25) is 0 Å². The van der Waals surface area contributed by atoms with Crippen LogP contribution in [0.5, 0.6) is 11.5 Å². The quantitative estimate of drug-likeness (QED) is 0.613. The standard InChI is InChI=1S/C22H26O4/c1-3-16(15-22(25)18-9-13-20(26-2)14-10-18)5-4-6-21(24)17-7-11-19(23)12-8-17/h4,7-14,21-25H,3,6,15H2,1-2H3/t5?,21-,22-/m1/s1. The van der Waals surface area contributed by atoms with E-state index >= 15 is 0 Å². The van der Waals surface area contributed by atoms with Crippen molar-refractivity contribution in [1.29, 1.82) is 0 Å². The highest BCUT2D eigenvalue weighted by Gasteiger charge is 2.10.